The van der Waals surface area contributed by atoms with E-state index in [0.717, 1.165) is 0 Å². The summed E-state index contributed by atoms with van der Waals surface area (Å²) < 4.78 is 61.3. The van der Waals surface area contributed by atoms with Crippen LogP contribution in [-0.4, -0.2) is 0 Å². The summed E-state index contributed by atoms with van der Waals surface area (Å²) in [6, 6.07) is 19.0. The molecule has 2 aromatic carbocycles. The van der Waals surface area contributed by atoms with Crippen molar-refractivity contribution in [1.82, 2.24) is 0 Å². The van der Waals surface area contributed by atoms with Crippen LogP contribution in [0.2, 0.25) is 0 Å². The summed E-state index contributed by atoms with van der Waals surface area (Å²) in [6.07, 6.45) is 4.33. The molecule has 130 valence electrons. The van der Waals surface area contributed by atoms with Crippen LogP contribution in [-0.2, 0) is 7.05 Å². The first-order valence-corrected chi connectivity index (χ1v) is 8.82. The van der Waals surface area contributed by atoms with Gasteiger partial charge in [-0.25, -0.2) is 4.57 Å². The average molecular weight is 365 g/mol. The second-order valence-corrected chi connectivity index (χ2v) is 7.17. The molecule has 0 bridgehead atoms. The van der Waals surface area contributed by atoms with Crippen molar-refractivity contribution in [1.29, 1.82) is 0 Å². The predicted octanol–water partition coefficient (Wildman–Crippen LogP) is 6.71. The zero-order valence-electron chi connectivity index (χ0n) is 12.5. The molecular formula is C16H14F6NP. The van der Waals surface area contributed by atoms with Gasteiger partial charge in [0, 0.05) is 10.8 Å². The molecule has 0 fully saturated rings. The van der Waals surface area contributed by atoms with Gasteiger partial charge in [-0.3, -0.25) is 0 Å². The number of pyridine rings is 1. The topological polar surface area (TPSA) is 3.88 Å². The molecule has 0 saturated carbocycles. The summed E-state index contributed by atoms with van der Waals surface area (Å²) in [5.74, 6) is 0. The Morgan fingerprint density at radius 2 is 1.21 bits per heavy atom. The van der Waals surface area contributed by atoms with Crippen molar-refractivity contribution in [2.45, 2.75) is 0 Å². The van der Waals surface area contributed by atoms with E-state index in [1.54, 1.807) is 0 Å². The molecule has 24 heavy (non-hydrogen) atoms. The van der Waals surface area contributed by atoms with E-state index in [-0.39, 0.29) is 0 Å². The van der Waals surface area contributed by atoms with E-state index in [2.05, 4.69) is 78.6 Å². The van der Waals surface area contributed by atoms with Crippen molar-refractivity contribution >= 4 is 18.6 Å². The Bertz CT molecular complexity index is 849. The second kappa shape index (κ2) is 5.45. The minimum atomic E-state index is -10.7. The predicted molar refractivity (Wildman–Crippen MR) is 84.1 cm³/mol. The van der Waals surface area contributed by atoms with E-state index >= 15 is 0 Å². The van der Waals surface area contributed by atoms with Crippen LogP contribution in [0.3, 0.4) is 0 Å². The molecule has 0 atom stereocenters. The van der Waals surface area contributed by atoms with E-state index in [1.807, 2.05) is 0 Å². The number of aryl methyl sites for hydroxylation is 1. The van der Waals surface area contributed by atoms with Gasteiger partial charge in [-0.2, -0.15) is 0 Å². The molecule has 1 aromatic heterocycles. The van der Waals surface area contributed by atoms with Crippen molar-refractivity contribution < 1.29 is 29.7 Å². The molecule has 0 saturated heterocycles. The van der Waals surface area contributed by atoms with Crippen molar-refractivity contribution in [2.75, 3.05) is 0 Å². The summed E-state index contributed by atoms with van der Waals surface area (Å²) in [6.45, 7) is 0. The van der Waals surface area contributed by atoms with Gasteiger partial charge in [0.15, 0.2) is 12.4 Å². The van der Waals surface area contributed by atoms with Crippen LogP contribution in [0.25, 0.3) is 21.9 Å². The van der Waals surface area contributed by atoms with Crippen LogP contribution in [0, 0.1) is 0 Å². The van der Waals surface area contributed by atoms with E-state index in [4.69, 9.17) is 0 Å². The second-order valence-electron chi connectivity index (χ2n) is 5.25. The third kappa shape index (κ3) is 6.54. The van der Waals surface area contributed by atoms with Gasteiger partial charge in [0.1, 0.15) is 7.05 Å². The van der Waals surface area contributed by atoms with Crippen molar-refractivity contribution in [2.24, 2.45) is 7.05 Å². The summed E-state index contributed by atoms with van der Waals surface area (Å²) in [5, 5.41) is 2.58. The maximum absolute atomic E-state index is 10.7. The van der Waals surface area contributed by atoms with Gasteiger partial charge in [-0.1, -0.05) is 48.5 Å². The quantitative estimate of drug-likeness (QED) is 0.256. The number of fused-ring (bicyclic) bond motifs is 1. The van der Waals surface area contributed by atoms with Crippen molar-refractivity contribution in [3.63, 3.8) is 0 Å². The molecule has 0 radical (unpaired) electrons. The van der Waals surface area contributed by atoms with Crippen LogP contribution in [0.4, 0.5) is 25.2 Å². The number of rotatable bonds is 1. The standard InChI is InChI=1S/C16H14N.F6P/c1-17-11-14-9-5-6-10-15(14)16(12-17)13-7-3-2-4-8-13;1-7(2,3,4,5)6/h2-12H,1H3;/q+1;-1. The number of aromatic nitrogens is 1. The van der Waals surface area contributed by atoms with Crippen LogP contribution in [0.15, 0.2) is 67.0 Å². The first-order chi connectivity index (χ1) is 10.8. The normalized spacial score (nSPS) is 14.3. The molecular weight excluding hydrogens is 351 g/mol. The van der Waals surface area contributed by atoms with E-state index in [0.29, 0.717) is 0 Å². The Hall–Kier alpha value is -2.14. The molecule has 0 amide bonds. The molecule has 3 rings (SSSR count). The SMILES string of the molecule is C[n+]1cc(-c2ccccc2)c2ccccc2c1.F[P-](F)(F)(F)(F)F. The monoisotopic (exact) mass is 365 g/mol. The Morgan fingerprint density at radius 3 is 1.79 bits per heavy atom. The Balaban J connectivity index is 0.000000256. The molecule has 0 aliphatic heterocycles. The van der Waals surface area contributed by atoms with Gasteiger partial charge in [-0.05, 0) is 11.6 Å². The number of halogens is 6. The maximum atomic E-state index is 9.87. The van der Waals surface area contributed by atoms with Crippen molar-refractivity contribution in [3.8, 4) is 11.1 Å². The first-order valence-electron chi connectivity index (χ1n) is 6.79. The molecule has 1 heterocycles. The molecule has 0 unspecified atom stereocenters. The van der Waals surface area contributed by atoms with Crippen LogP contribution < -0.4 is 4.57 Å². The zero-order valence-corrected chi connectivity index (χ0v) is 13.4. The third-order valence-corrected chi connectivity index (χ3v) is 3.01. The van der Waals surface area contributed by atoms with Crippen molar-refractivity contribution in [3.05, 3.63) is 67.0 Å². The molecule has 8 heteroatoms. The fourth-order valence-electron chi connectivity index (χ4n) is 2.23. The van der Waals surface area contributed by atoms with Gasteiger partial charge < -0.3 is 0 Å². The Labute approximate surface area is 134 Å². The number of hydrogen-bond acceptors (Lipinski definition) is 0. The number of nitrogens with zero attached hydrogens (tertiary/aromatic N) is 1. The minimum absolute atomic E-state index is 1.26. The molecule has 0 aliphatic rings. The molecule has 0 N–H and O–H groups in total. The Kier molecular flexibility index (Phi) is 4.13. The van der Waals surface area contributed by atoms with Crippen LogP contribution in [0.1, 0.15) is 0 Å². The van der Waals surface area contributed by atoms with E-state index in [9.17, 15) is 25.2 Å². The molecule has 0 spiro atoms. The van der Waals surface area contributed by atoms with Gasteiger partial charge >= 0.3 is 33.0 Å². The van der Waals surface area contributed by atoms with Gasteiger partial charge in [0.25, 0.3) is 0 Å². The summed E-state index contributed by atoms with van der Waals surface area (Å²) in [5.41, 5.74) is 2.55. The number of hydrogen-bond donors (Lipinski definition) is 0. The Morgan fingerprint density at radius 1 is 0.708 bits per heavy atom. The summed E-state index contributed by atoms with van der Waals surface area (Å²) in [4.78, 5) is 0. The van der Waals surface area contributed by atoms with Crippen LogP contribution >= 0.6 is 7.81 Å². The first kappa shape index (κ1) is 18.2. The van der Waals surface area contributed by atoms with Crippen LogP contribution in [0.5, 0.6) is 0 Å². The number of benzene rings is 2. The zero-order chi connectivity index (χ0) is 18.1. The van der Waals surface area contributed by atoms with Gasteiger partial charge in [-0.15, -0.1) is 0 Å². The summed E-state index contributed by atoms with van der Waals surface area (Å²) in [7, 11) is -8.59. The third-order valence-electron chi connectivity index (χ3n) is 3.01. The fraction of sp³-hybridized carbons (Fsp3) is 0.0625. The average Bonchev–Trinajstić information content (AvgIpc) is 2.44. The van der Waals surface area contributed by atoms with Gasteiger partial charge in [0.05, 0.1) is 5.56 Å². The molecule has 0 aliphatic carbocycles. The molecule has 3 aromatic rings. The van der Waals surface area contributed by atoms with E-state index in [1.165, 1.54) is 21.9 Å². The fourth-order valence-corrected chi connectivity index (χ4v) is 2.23. The summed E-state index contributed by atoms with van der Waals surface area (Å²) >= 11 is 0. The molecule has 1 nitrogen and oxygen atoms in total. The van der Waals surface area contributed by atoms with Gasteiger partial charge in [0.2, 0.25) is 0 Å². The van der Waals surface area contributed by atoms with E-state index < -0.39 is 7.81 Å².